The zero-order valence-electron chi connectivity index (χ0n) is 20.0. The molecule has 1 aliphatic carbocycles. The topological polar surface area (TPSA) is 88.2 Å². The summed E-state index contributed by atoms with van der Waals surface area (Å²) in [7, 11) is -3.72. The molecule has 2 aromatic carbocycles. The first kappa shape index (κ1) is 24.8. The van der Waals surface area contributed by atoms with Crippen LogP contribution >= 0.6 is 11.6 Å². The Balaban J connectivity index is 1.33. The number of carbonyl (C=O) groups excluding carboxylic acids is 1. The van der Waals surface area contributed by atoms with Gasteiger partial charge in [0.1, 0.15) is 5.54 Å². The molecule has 6 nitrogen and oxygen atoms in total. The van der Waals surface area contributed by atoms with E-state index in [2.05, 4.69) is 15.6 Å². The third kappa shape index (κ3) is 4.74. The zero-order chi connectivity index (χ0) is 25.2. The van der Waals surface area contributed by atoms with E-state index in [0.29, 0.717) is 13.0 Å². The molecule has 0 spiro atoms. The molecule has 2 heterocycles. The summed E-state index contributed by atoms with van der Waals surface area (Å²) < 4.78 is 26.0. The maximum atomic E-state index is 13.8. The van der Waals surface area contributed by atoms with Crippen molar-refractivity contribution in [3.8, 4) is 0 Å². The molecule has 1 amide bonds. The Morgan fingerprint density at radius 1 is 1.03 bits per heavy atom. The summed E-state index contributed by atoms with van der Waals surface area (Å²) in [5.41, 5.74) is 2.20. The van der Waals surface area contributed by atoms with Crippen molar-refractivity contribution in [3.63, 3.8) is 0 Å². The van der Waals surface area contributed by atoms with E-state index in [1.165, 1.54) is 18.9 Å². The van der Waals surface area contributed by atoms with Crippen molar-refractivity contribution in [1.29, 1.82) is 0 Å². The lowest BCUT2D eigenvalue weighted by Gasteiger charge is -2.36. The Labute approximate surface area is 217 Å². The van der Waals surface area contributed by atoms with Crippen LogP contribution in [0.4, 0.5) is 5.69 Å². The standard InChI is InChI=1S/C28H30ClN3O3S/c29-24-9-5-6-10-26(24)36(34,35)23-13-11-20(12-14-23)18-31-27(33)28(22-7-3-1-2-4-8-22)17-21-19-30-16-15-25(21)32-28/h5-6,9-16,19,22,32H,1-4,7-8,17-18H2,(H,31,33). The highest BCUT2D eigenvalue weighted by molar-refractivity contribution is 7.91. The van der Waals surface area contributed by atoms with Crippen molar-refractivity contribution in [2.75, 3.05) is 5.32 Å². The van der Waals surface area contributed by atoms with Gasteiger partial charge in [0.15, 0.2) is 0 Å². The summed E-state index contributed by atoms with van der Waals surface area (Å²) in [6, 6.07) is 15.0. The van der Waals surface area contributed by atoms with Crippen molar-refractivity contribution in [3.05, 3.63) is 83.1 Å². The fourth-order valence-corrected chi connectivity index (χ4v) is 7.30. The Kier molecular flexibility index (Phi) is 7.04. The highest BCUT2D eigenvalue weighted by Gasteiger charge is 2.49. The van der Waals surface area contributed by atoms with Crippen LogP contribution in [0.2, 0.25) is 5.02 Å². The first-order valence-electron chi connectivity index (χ1n) is 12.5. The summed E-state index contributed by atoms with van der Waals surface area (Å²) in [6.07, 6.45) is 11.0. The van der Waals surface area contributed by atoms with Crippen LogP contribution < -0.4 is 10.6 Å². The minimum atomic E-state index is -3.72. The van der Waals surface area contributed by atoms with Gasteiger partial charge in [0.05, 0.1) is 14.8 Å². The Bertz CT molecular complexity index is 1330. The maximum absolute atomic E-state index is 13.8. The molecule has 1 unspecified atom stereocenters. The number of benzene rings is 2. The first-order valence-corrected chi connectivity index (χ1v) is 14.3. The Morgan fingerprint density at radius 3 is 2.44 bits per heavy atom. The second-order valence-corrected chi connectivity index (χ2v) is 12.1. The number of sulfone groups is 1. The van der Waals surface area contributed by atoms with Crippen LogP contribution in [-0.4, -0.2) is 24.8 Å². The first-order chi connectivity index (χ1) is 17.4. The van der Waals surface area contributed by atoms with Gasteiger partial charge in [-0.15, -0.1) is 0 Å². The molecule has 2 N–H and O–H groups in total. The number of amides is 1. The van der Waals surface area contributed by atoms with Crippen molar-refractivity contribution in [1.82, 2.24) is 10.3 Å². The van der Waals surface area contributed by atoms with Crippen LogP contribution in [0.25, 0.3) is 0 Å². The molecule has 36 heavy (non-hydrogen) atoms. The third-order valence-electron chi connectivity index (χ3n) is 7.50. The summed E-state index contributed by atoms with van der Waals surface area (Å²) in [6.45, 7) is 0.315. The van der Waals surface area contributed by atoms with Crippen molar-refractivity contribution in [2.24, 2.45) is 5.92 Å². The Hall–Kier alpha value is -2.90. The fraction of sp³-hybridized carbons (Fsp3) is 0.357. The predicted octanol–water partition coefficient (Wildman–Crippen LogP) is 5.56. The molecule has 1 atom stereocenters. The van der Waals surface area contributed by atoms with Crippen molar-refractivity contribution >= 4 is 33.0 Å². The minimum Gasteiger partial charge on any atom is -0.370 e. The maximum Gasteiger partial charge on any atom is 0.246 e. The number of aromatic nitrogens is 1. The van der Waals surface area contributed by atoms with E-state index in [0.717, 1.165) is 42.5 Å². The van der Waals surface area contributed by atoms with Gasteiger partial charge in [-0.25, -0.2) is 8.42 Å². The molecule has 0 saturated heterocycles. The van der Waals surface area contributed by atoms with Gasteiger partial charge in [-0.1, -0.05) is 61.5 Å². The van der Waals surface area contributed by atoms with E-state index in [-0.39, 0.29) is 26.6 Å². The van der Waals surface area contributed by atoms with E-state index in [1.807, 2.05) is 12.3 Å². The van der Waals surface area contributed by atoms with Gasteiger partial charge in [-0.3, -0.25) is 9.78 Å². The molecule has 188 valence electrons. The molecular formula is C28H30ClN3O3S. The van der Waals surface area contributed by atoms with Crippen LogP contribution in [-0.2, 0) is 27.6 Å². The average Bonchev–Trinajstić information content (AvgIpc) is 3.07. The van der Waals surface area contributed by atoms with Crippen LogP contribution in [0.1, 0.15) is 49.7 Å². The number of rotatable bonds is 6. The molecule has 1 saturated carbocycles. The molecule has 1 fully saturated rings. The SMILES string of the molecule is O=C(NCc1ccc(S(=O)(=O)c2ccccc2Cl)cc1)C1(C2CCCCCC2)Cc2cnccc2N1. The lowest BCUT2D eigenvalue weighted by atomic mass is 9.76. The summed E-state index contributed by atoms with van der Waals surface area (Å²) in [5.74, 6) is 0.230. The number of nitrogens with zero attached hydrogens (tertiary/aromatic N) is 1. The van der Waals surface area contributed by atoms with Gasteiger partial charge in [0.25, 0.3) is 0 Å². The molecular weight excluding hydrogens is 494 g/mol. The van der Waals surface area contributed by atoms with Crippen molar-refractivity contribution in [2.45, 2.75) is 66.8 Å². The lowest BCUT2D eigenvalue weighted by molar-refractivity contribution is -0.127. The van der Waals surface area contributed by atoms with E-state index < -0.39 is 15.4 Å². The normalized spacial score (nSPS) is 20.2. The van der Waals surface area contributed by atoms with Crippen molar-refractivity contribution < 1.29 is 13.2 Å². The molecule has 0 radical (unpaired) electrons. The van der Waals surface area contributed by atoms with Crippen LogP contribution in [0.5, 0.6) is 0 Å². The quantitative estimate of drug-likeness (QED) is 0.413. The van der Waals surface area contributed by atoms with Gasteiger partial charge >= 0.3 is 0 Å². The number of fused-ring (bicyclic) bond motifs is 1. The highest BCUT2D eigenvalue weighted by atomic mass is 35.5. The largest absolute Gasteiger partial charge is 0.370 e. The minimum absolute atomic E-state index is 0.0154. The molecule has 5 rings (SSSR count). The van der Waals surface area contributed by atoms with Crippen LogP contribution in [0, 0.1) is 5.92 Å². The van der Waals surface area contributed by atoms with Crippen LogP contribution in [0.15, 0.2) is 76.8 Å². The smallest absolute Gasteiger partial charge is 0.246 e. The number of nitrogens with one attached hydrogen (secondary N) is 2. The van der Waals surface area contributed by atoms with Crippen LogP contribution in [0.3, 0.4) is 0 Å². The van der Waals surface area contributed by atoms with Gasteiger partial charge in [0, 0.05) is 31.0 Å². The molecule has 1 aliphatic heterocycles. The van der Waals surface area contributed by atoms with Gasteiger partial charge in [-0.05, 0) is 60.2 Å². The number of hydrogen-bond donors (Lipinski definition) is 2. The molecule has 8 heteroatoms. The number of pyridine rings is 1. The number of halogens is 1. The average molecular weight is 524 g/mol. The third-order valence-corrected chi connectivity index (χ3v) is 9.77. The van der Waals surface area contributed by atoms with E-state index in [9.17, 15) is 13.2 Å². The molecule has 3 aromatic rings. The van der Waals surface area contributed by atoms with E-state index >= 15 is 0 Å². The summed E-state index contributed by atoms with van der Waals surface area (Å²) in [5, 5.41) is 6.92. The number of hydrogen-bond acceptors (Lipinski definition) is 5. The number of anilines is 1. The summed E-state index contributed by atoms with van der Waals surface area (Å²) >= 11 is 6.12. The zero-order valence-corrected chi connectivity index (χ0v) is 21.6. The van der Waals surface area contributed by atoms with Gasteiger partial charge in [0.2, 0.25) is 15.7 Å². The monoisotopic (exact) mass is 523 g/mol. The molecule has 0 bridgehead atoms. The van der Waals surface area contributed by atoms with E-state index in [4.69, 9.17) is 11.6 Å². The summed E-state index contributed by atoms with van der Waals surface area (Å²) in [4.78, 5) is 18.3. The van der Waals surface area contributed by atoms with E-state index in [1.54, 1.807) is 48.7 Å². The second kappa shape index (κ2) is 10.2. The molecule has 1 aromatic heterocycles. The second-order valence-electron chi connectivity index (χ2n) is 9.75. The predicted molar refractivity (Wildman–Crippen MR) is 141 cm³/mol. The Morgan fingerprint density at radius 2 is 1.75 bits per heavy atom. The van der Waals surface area contributed by atoms with Gasteiger partial charge in [-0.2, -0.15) is 0 Å². The fourth-order valence-electron chi connectivity index (χ4n) is 5.53. The molecule has 2 aliphatic rings. The lowest BCUT2D eigenvalue weighted by Crippen LogP contribution is -2.56. The number of carbonyl (C=O) groups is 1. The van der Waals surface area contributed by atoms with Gasteiger partial charge < -0.3 is 10.6 Å². The highest BCUT2D eigenvalue weighted by Crippen LogP contribution is 2.42.